The van der Waals surface area contributed by atoms with Crippen molar-refractivity contribution < 1.29 is 14.6 Å². The van der Waals surface area contributed by atoms with Crippen molar-refractivity contribution in [2.75, 3.05) is 7.11 Å². The Morgan fingerprint density at radius 1 is 1.19 bits per heavy atom. The van der Waals surface area contributed by atoms with Gasteiger partial charge in [0, 0.05) is 0 Å². The van der Waals surface area contributed by atoms with E-state index in [0.717, 1.165) is 42.9 Å². The van der Waals surface area contributed by atoms with E-state index in [-0.39, 0.29) is 6.10 Å². The molecule has 1 aromatic carbocycles. The van der Waals surface area contributed by atoms with Crippen LogP contribution in [-0.4, -0.2) is 24.4 Å². The Labute approximate surface area is 127 Å². The van der Waals surface area contributed by atoms with Crippen LogP contribution in [0, 0.1) is 5.92 Å². The molecule has 4 atom stereocenters. The molecule has 0 aliphatic heterocycles. The van der Waals surface area contributed by atoms with Gasteiger partial charge in [-0.15, -0.1) is 0 Å². The number of benzene rings is 1. The van der Waals surface area contributed by atoms with Crippen molar-refractivity contribution in [2.24, 2.45) is 5.92 Å². The molecule has 21 heavy (non-hydrogen) atoms. The minimum Gasteiger partial charge on any atom is -0.497 e. The number of hydrogen-bond acceptors (Lipinski definition) is 3. The predicted octanol–water partition coefficient (Wildman–Crippen LogP) is 3.64. The summed E-state index contributed by atoms with van der Waals surface area (Å²) in [7, 11) is 1.66. The third-order valence-electron chi connectivity index (χ3n) is 4.98. The molecule has 1 saturated carbocycles. The molecule has 0 saturated heterocycles. The fraction of sp³-hybridized carbons (Fsp3) is 0.667. The summed E-state index contributed by atoms with van der Waals surface area (Å²) in [5, 5.41) is 10.7. The topological polar surface area (TPSA) is 38.7 Å². The first-order chi connectivity index (χ1) is 10.2. The van der Waals surface area contributed by atoms with Crippen LogP contribution in [0.3, 0.4) is 0 Å². The summed E-state index contributed by atoms with van der Waals surface area (Å²) in [6.07, 6.45) is 6.44. The van der Waals surface area contributed by atoms with Gasteiger partial charge in [-0.3, -0.25) is 0 Å². The van der Waals surface area contributed by atoms with Crippen LogP contribution in [-0.2, 0) is 11.2 Å². The van der Waals surface area contributed by atoms with Gasteiger partial charge in [0.1, 0.15) is 11.9 Å². The number of rotatable bonds is 3. The number of ether oxygens (including phenoxy) is 2. The molecule has 0 spiro atoms. The van der Waals surface area contributed by atoms with Crippen molar-refractivity contribution in [3.05, 3.63) is 29.3 Å². The van der Waals surface area contributed by atoms with Crippen molar-refractivity contribution >= 4 is 0 Å². The molecule has 4 unspecified atom stereocenters. The van der Waals surface area contributed by atoms with E-state index in [2.05, 4.69) is 13.0 Å². The Hall–Kier alpha value is -1.06. The summed E-state index contributed by atoms with van der Waals surface area (Å²) in [5.74, 6) is 1.55. The van der Waals surface area contributed by atoms with Crippen LogP contribution in [0.4, 0.5) is 0 Å². The lowest BCUT2D eigenvalue weighted by Gasteiger charge is -2.35. The zero-order chi connectivity index (χ0) is 14.8. The molecular weight excluding hydrogens is 264 g/mol. The second-order valence-electron chi connectivity index (χ2n) is 6.62. The summed E-state index contributed by atoms with van der Waals surface area (Å²) in [4.78, 5) is 0. The summed E-state index contributed by atoms with van der Waals surface area (Å²) >= 11 is 0. The van der Waals surface area contributed by atoms with E-state index in [1.807, 2.05) is 12.1 Å². The molecule has 0 radical (unpaired) electrons. The van der Waals surface area contributed by atoms with Crippen LogP contribution in [0.1, 0.15) is 56.3 Å². The van der Waals surface area contributed by atoms with E-state index >= 15 is 0 Å². The average Bonchev–Trinajstić information content (AvgIpc) is 2.50. The molecule has 1 fully saturated rings. The molecule has 3 heteroatoms. The zero-order valence-electron chi connectivity index (χ0n) is 13.0. The highest BCUT2D eigenvalue weighted by atomic mass is 16.5. The van der Waals surface area contributed by atoms with Crippen molar-refractivity contribution in [3.63, 3.8) is 0 Å². The Kier molecular flexibility index (Phi) is 4.51. The predicted molar refractivity (Wildman–Crippen MR) is 82.6 cm³/mol. The molecule has 0 aromatic heterocycles. The monoisotopic (exact) mass is 290 g/mol. The van der Waals surface area contributed by atoms with Crippen LogP contribution in [0.5, 0.6) is 5.75 Å². The SMILES string of the molecule is COc1ccc2c(c1)C(O)C(OC1CCCC(C)C1)CC2. The minimum absolute atomic E-state index is 0.0695. The summed E-state index contributed by atoms with van der Waals surface area (Å²) in [5.41, 5.74) is 2.20. The quantitative estimate of drug-likeness (QED) is 0.923. The fourth-order valence-corrected chi connectivity index (χ4v) is 3.75. The van der Waals surface area contributed by atoms with Crippen LogP contribution in [0.15, 0.2) is 18.2 Å². The van der Waals surface area contributed by atoms with E-state index in [0.29, 0.717) is 6.10 Å². The first-order valence-corrected chi connectivity index (χ1v) is 8.17. The highest BCUT2D eigenvalue weighted by Gasteiger charge is 2.32. The number of aliphatic hydroxyl groups is 1. The molecule has 0 heterocycles. The fourth-order valence-electron chi connectivity index (χ4n) is 3.75. The minimum atomic E-state index is -0.527. The van der Waals surface area contributed by atoms with Gasteiger partial charge < -0.3 is 14.6 Å². The lowest BCUT2D eigenvalue weighted by atomic mass is 9.85. The average molecular weight is 290 g/mol. The first-order valence-electron chi connectivity index (χ1n) is 8.17. The number of aryl methyl sites for hydroxylation is 1. The van der Waals surface area contributed by atoms with E-state index < -0.39 is 6.10 Å². The molecule has 0 amide bonds. The zero-order valence-corrected chi connectivity index (χ0v) is 13.0. The summed E-state index contributed by atoms with van der Waals surface area (Å²) < 4.78 is 11.5. The van der Waals surface area contributed by atoms with E-state index in [1.54, 1.807) is 7.11 Å². The number of aliphatic hydroxyl groups excluding tert-OH is 1. The van der Waals surface area contributed by atoms with Gasteiger partial charge in [0.15, 0.2) is 0 Å². The first kappa shape index (κ1) is 14.9. The van der Waals surface area contributed by atoms with Crippen molar-refractivity contribution in [1.82, 2.24) is 0 Å². The van der Waals surface area contributed by atoms with Gasteiger partial charge in [-0.05, 0) is 54.9 Å². The smallest absolute Gasteiger partial charge is 0.119 e. The normalized spacial score (nSPS) is 32.5. The number of methoxy groups -OCH3 is 1. The maximum absolute atomic E-state index is 10.7. The van der Waals surface area contributed by atoms with Gasteiger partial charge in [0.05, 0.1) is 19.3 Å². The Morgan fingerprint density at radius 3 is 2.81 bits per heavy atom. The molecule has 3 rings (SSSR count). The number of fused-ring (bicyclic) bond motifs is 1. The third-order valence-corrected chi connectivity index (χ3v) is 4.98. The Morgan fingerprint density at radius 2 is 2.05 bits per heavy atom. The molecule has 116 valence electrons. The second-order valence-corrected chi connectivity index (χ2v) is 6.62. The van der Waals surface area contributed by atoms with Crippen LogP contribution >= 0.6 is 0 Å². The van der Waals surface area contributed by atoms with Crippen LogP contribution in [0.2, 0.25) is 0 Å². The van der Waals surface area contributed by atoms with Gasteiger partial charge in [-0.2, -0.15) is 0 Å². The lowest BCUT2D eigenvalue weighted by Crippen LogP contribution is -2.34. The third kappa shape index (κ3) is 3.24. The lowest BCUT2D eigenvalue weighted by molar-refractivity contribution is -0.101. The van der Waals surface area contributed by atoms with Crippen molar-refractivity contribution in [2.45, 2.75) is 63.8 Å². The highest BCUT2D eigenvalue weighted by molar-refractivity contribution is 5.39. The van der Waals surface area contributed by atoms with Crippen molar-refractivity contribution in [3.8, 4) is 5.75 Å². The van der Waals surface area contributed by atoms with Gasteiger partial charge in [-0.25, -0.2) is 0 Å². The summed E-state index contributed by atoms with van der Waals surface area (Å²) in [6.45, 7) is 2.30. The Balaban J connectivity index is 1.70. The van der Waals surface area contributed by atoms with E-state index in [4.69, 9.17) is 9.47 Å². The largest absolute Gasteiger partial charge is 0.497 e. The van der Waals surface area contributed by atoms with Crippen LogP contribution < -0.4 is 4.74 Å². The molecule has 1 N–H and O–H groups in total. The Bertz CT molecular complexity index is 485. The maximum atomic E-state index is 10.7. The van der Waals surface area contributed by atoms with Gasteiger partial charge in [0.2, 0.25) is 0 Å². The van der Waals surface area contributed by atoms with Crippen LogP contribution in [0.25, 0.3) is 0 Å². The van der Waals surface area contributed by atoms with Crippen molar-refractivity contribution in [1.29, 1.82) is 0 Å². The van der Waals surface area contributed by atoms with Gasteiger partial charge in [0.25, 0.3) is 0 Å². The highest BCUT2D eigenvalue weighted by Crippen LogP contribution is 2.36. The van der Waals surface area contributed by atoms with E-state index in [9.17, 15) is 5.11 Å². The number of hydrogen-bond donors (Lipinski definition) is 1. The molecule has 0 bridgehead atoms. The molecule has 1 aromatic rings. The van der Waals surface area contributed by atoms with Gasteiger partial charge in [-0.1, -0.05) is 25.8 Å². The molecule has 2 aliphatic rings. The maximum Gasteiger partial charge on any atom is 0.119 e. The van der Waals surface area contributed by atoms with Gasteiger partial charge >= 0.3 is 0 Å². The second kappa shape index (κ2) is 6.37. The molecule has 2 aliphatic carbocycles. The molecule has 3 nitrogen and oxygen atoms in total. The standard InChI is InChI=1S/C18H26O3/c1-12-4-3-5-15(10-12)21-17-9-7-13-6-8-14(20-2)11-16(13)18(17)19/h6,8,11-12,15,17-19H,3-5,7,9-10H2,1-2H3. The summed E-state index contributed by atoms with van der Waals surface area (Å²) in [6, 6.07) is 5.99. The van der Waals surface area contributed by atoms with E-state index in [1.165, 1.54) is 18.4 Å². The molecular formula is C18H26O3.